The summed E-state index contributed by atoms with van der Waals surface area (Å²) in [5.74, 6) is 0. The van der Waals surface area contributed by atoms with E-state index in [0.29, 0.717) is 0 Å². The molecule has 0 aliphatic rings. The van der Waals surface area contributed by atoms with E-state index in [1.807, 2.05) is 18.2 Å². The molecule has 0 fully saturated rings. The number of nitrogens with zero attached hydrogens (tertiary/aromatic N) is 1. The molecule has 0 amide bonds. The minimum atomic E-state index is 0.871. The summed E-state index contributed by atoms with van der Waals surface area (Å²) in [6.07, 6.45) is 0. The SMILES string of the molecule is Cc1ccc(-c2cccc(Br)n2)cc1. The predicted octanol–water partition coefficient (Wildman–Crippen LogP) is 3.82. The van der Waals surface area contributed by atoms with Crippen LogP contribution in [0.2, 0.25) is 0 Å². The van der Waals surface area contributed by atoms with Crippen molar-refractivity contribution in [2.24, 2.45) is 0 Å². The summed E-state index contributed by atoms with van der Waals surface area (Å²) in [4.78, 5) is 4.39. The van der Waals surface area contributed by atoms with Gasteiger partial charge in [-0.1, -0.05) is 35.9 Å². The van der Waals surface area contributed by atoms with Gasteiger partial charge in [0.05, 0.1) is 5.69 Å². The number of hydrogen-bond acceptors (Lipinski definition) is 1. The van der Waals surface area contributed by atoms with Crippen LogP contribution in [0.4, 0.5) is 0 Å². The Morgan fingerprint density at radius 1 is 1.00 bits per heavy atom. The molecular formula is C12H10BrN. The zero-order chi connectivity index (χ0) is 9.97. The lowest BCUT2D eigenvalue weighted by Crippen LogP contribution is -1.83. The molecule has 1 aromatic heterocycles. The average Bonchev–Trinajstić information content (AvgIpc) is 2.19. The third kappa shape index (κ3) is 2.02. The van der Waals surface area contributed by atoms with Crippen LogP contribution in [0.1, 0.15) is 5.56 Å². The van der Waals surface area contributed by atoms with Gasteiger partial charge >= 0.3 is 0 Å². The molecule has 0 unspecified atom stereocenters. The third-order valence-electron chi connectivity index (χ3n) is 2.06. The summed E-state index contributed by atoms with van der Waals surface area (Å²) >= 11 is 3.36. The van der Waals surface area contributed by atoms with Gasteiger partial charge in [0, 0.05) is 5.56 Å². The Labute approximate surface area is 91.9 Å². The Morgan fingerprint density at radius 2 is 1.71 bits per heavy atom. The molecule has 0 aliphatic heterocycles. The summed E-state index contributed by atoms with van der Waals surface area (Å²) in [7, 11) is 0. The van der Waals surface area contributed by atoms with Gasteiger partial charge in [-0.15, -0.1) is 0 Å². The van der Waals surface area contributed by atoms with Gasteiger partial charge < -0.3 is 0 Å². The minimum Gasteiger partial charge on any atom is -0.241 e. The van der Waals surface area contributed by atoms with E-state index in [1.54, 1.807) is 0 Å². The van der Waals surface area contributed by atoms with Gasteiger partial charge in [0.1, 0.15) is 4.60 Å². The van der Waals surface area contributed by atoms with Crippen molar-refractivity contribution in [1.82, 2.24) is 4.98 Å². The largest absolute Gasteiger partial charge is 0.241 e. The van der Waals surface area contributed by atoms with Gasteiger partial charge in [-0.3, -0.25) is 0 Å². The Morgan fingerprint density at radius 3 is 2.36 bits per heavy atom. The fourth-order valence-electron chi connectivity index (χ4n) is 1.29. The molecule has 0 aliphatic carbocycles. The van der Waals surface area contributed by atoms with E-state index in [1.165, 1.54) is 5.56 Å². The maximum Gasteiger partial charge on any atom is 0.106 e. The molecule has 0 atom stereocenters. The molecule has 0 radical (unpaired) electrons. The number of hydrogen-bond donors (Lipinski definition) is 0. The minimum absolute atomic E-state index is 0.871. The van der Waals surface area contributed by atoms with Crippen LogP contribution in [0.3, 0.4) is 0 Å². The number of aryl methyl sites for hydroxylation is 1. The molecule has 2 heteroatoms. The Bertz CT molecular complexity index is 434. The van der Waals surface area contributed by atoms with Gasteiger partial charge in [0.2, 0.25) is 0 Å². The smallest absolute Gasteiger partial charge is 0.106 e. The van der Waals surface area contributed by atoms with Crippen LogP contribution >= 0.6 is 15.9 Å². The van der Waals surface area contributed by atoms with Gasteiger partial charge in [-0.05, 0) is 35.0 Å². The molecule has 0 saturated heterocycles. The first-order valence-corrected chi connectivity index (χ1v) is 5.24. The van der Waals surface area contributed by atoms with Gasteiger partial charge in [-0.2, -0.15) is 0 Å². The molecular weight excluding hydrogens is 238 g/mol. The number of aromatic nitrogens is 1. The summed E-state index contributed by atoms with van der Waals surface area (Å²) in [6, 6.07) is 14.3. The normalized spacial score (nSPS) is 10.1. The van der Waals surface area contributed by atoms with Crippen LogP contribution in [0.15, 0.2) is 47.1 Å². The molecule has 0 spiro atoms. The highest BCUT2D eigenvalue weighted by Gasteiger charge is 1.98. The van der Waals surface area contributed by atoms with Crippen LogP contribution in [0.5, 0.6) is 0 Å². The number of rotatable bonds is 1. The Hall–Kier alpha value is -1.15. The zero-order valence-electron chi connectivity index (χ0n) is 7.87. The second-order valence-corrected chi connectivity index (χ2v) is 4.02. The van der Waals surface area contributed by atoms with Crippen LogP contribution in [-0.2, 0) is 0 Å². The summed E-state index contributed by atoms with van der Waals surface area (Å²) in [5, 5.41) is 0. The third-order valence-corrected chi connectivity index (χ3v) is 2.50. The molecule has 0 N–H and O–H groups in total. The first-order chi connectivity index (χ1) is 6.75. The predicted molar refractivity (Wildman–Crippen MR) is 62.1 cm³/mol. The maximum absolute atomic E-state index is 4.39. The second kappa shape index (κ2) is 3.93. The average molecular weight is 248 g/mol. The number of benzene rings is 1. The van der Waals surface area contributed by atoms with Gasteiger partial charge in [0.25, 0.3) is 0 Å². The molecule has 0 bridgehead atoms. The van der Waals surface area contributed by atoms with E-state index < -0.39 is 0 Å². The first-order valence-electron chi connectivity index (χ1n) is 4.45. The van der Waals surface area contributed by atoms with Crippen LogP contribution in [-0.4, -0.2) is 4.98 Å². The van der Waals surface area contributed by atoms with Crippen LogP contribution < -0.4 is 0 Å². The first kappa shape index (κ1) is 9.41. The lowest BCUT2D eigenvalue weighted by atomic mass is 10.1. The van der Waals surface area contributed by atoms with Crippen molar-refractivity contribution in [2.45, 2.75) is 6.92 Å². The van der Waals surface area contributed by atoms with E-state index in [-0.39, 0.29) is 0 Å². The van der Waals surface area contributed by atoms with E-state index in [4.69, 9.17) is 0 Å². The summed E-state index contributed by atoms with van der Waals surface area (Å²) in [5.41, 5.74) is 3.42. The Kier molecular flexibility index (Phi) is 2.64. The fraction of sp³-hybridized carbons (Fsp3) is 0.0833. The molecule has 14 heavy (non-hydrogen) atoms. The van der Waals surface area contributed by atoms with Crippen molar-refractivity contribution in [2.75, 3.05) is 0 Å². The highest BCUT2D eigenvalue weighted by atomic mass is 79.9. The quantitative estimate of drug-likeness (QED) is 0.699. The fourth-order valence-corrected chi connectivity index (χ4v) is 1.64. The van der Waals surface area contributed by atoms with Crippen molar-refractivity contribution in [3.63, 3.8) is 0 Å². The molecule has 70 valence electrons. The second-order valence-electron chi connectivity index (χ2n) is 3.21. The summed E-state index contributed by atoms with van der Waals surface area (Å²) < 4.78 is 0.871. The van der Waals surface area contributed by atoms with Crippen molar-refractivity contribution in [3.05, 3.63) is 52.6 Å². The molecule has 1 heterocycles. The lowest BCUT2D eigenvalue weighted by Gasteiger charge is -2.01. The Balaban J connectivity index is 2.44. The highest BCUT2D eigenvalue weighted by Crippen LogP contribution is 2.19. The standard InChI is InChI=1S/C12H10BrN/c1-9-5-7-10(8-6-9)11-3-2-4-12(13)14-11/h2-8H,1H3. The van der Waals surface area contributed by atoms with Crippen molar-refractivity contribution < 1.29 is 0 Å². The lowest BCUT2D eigenvalue weighted by molar-refractivity contribution is 1.28. The monoisotopic (exact) mass is 247 g/mol. The number of halogens is 1. The molecule has 2 aromatic rings. The van der Waals surface area contributed by atoms with Crippen LogP contribution in [0.25, 0.3) is 11.3 Å². The van der Waals surface area contributed by atoms with Crippen LogP contribution in [0, 0.1) is 6.92 Å². The molecule has 0 saturated carbocycles. The molecule has 1 aromatic carbocycles. The highest BCUT2D eigenvalue weighted by molar-refractivity contribution is 9.10. The van der Waals surface area contributed by atoms with E-state index in [9.17, 15) is 0 Å². The topological polar surface area (TPSA) is 12.9 Å². The van der Waals surface area contributed by atoms with E-state index in [0.717, 1.165) is 15.9 Å². The zero-order valence-corrected chi connectivity index (χ0v) is 9.45. The summed E-state index contributed by atoms with van der Waals surface area (Å²) in [6.45, 7) is 2.08. The van der Waals surface area contributed by atoms with Crippen molar-refractivity contribution >= 4 is 15.9 Å². The maximum atomic E-state index is 4.39. The number of pyridine rings is 1. The van der Waals surface area contributed by atoms with Crippen molar-refractivity contribution in [1.29, 1.82) is 0 Å². The van der Waals surface area contributed by atoms with Gasteiger partial charge in [-0.25, -0.2) is 4.98 Å². The van der Waals surface area contributed by atoms with E-state index in [2.05, 4.69) is 52.1 Å². The van der Waals surface area contributed by atoms with E-state index >= 15 is 0 Å². The van der Waals surface area contributed by atoms with Gasteiger partial charge in [0.15, 0.2) is 0 Å². The van der Waals surface area contributed by atoms with Crippen molar-refractivity contribution in [3.8, 4) is 11.3 Å². The molecule has 1 nitrogen and oxygen atoms in total. The molecule has 2 rings (SSSR count).